The molecule has 5 heteroatoms. The first-order chi connectivity index (χ1) is 8.13. The Morgan fingerprint density at radius 1 is 1.47 bits per heavy atom. The van der Waals surface area contributed by atoms with Gasteiger partial charge in [0, 0.05) is 0 Å². The van der Waals surface area contributed by atoms with Crippen molar-refractivity contribution >= 4 is 23.2 Å². The maximum atomic E-state index is 11.3. The van der Waals surface area contributed by atoms with Gasteiger partial charge in [-0.15, -0.1) is 0 Å². The molecule has 0 atom stereocenters. The van der Waals surface area contributed by atoms with Gasteiger partial charge in [0.15, 0.2) is 5.11 Å². The Hall–Kier alpha value is -1.46. The number of hydrogen-bond donors (Lipinski definition) is 3. The summed E-state index contributed by atoms with van der Waals surface area (Å²) in [7, 11) is 0. The minimum atomic E-state index is -0.228. The van der Waals surface area contributed by atoms with Crippen LogP contribution in [0, 0.1) is 0 Å². The molecule has 0 radical (unpaired) electrons. The molecule has 0 unspecified atom stereocenters. The Morgan fingerprint density at radius 2 is 2.06 bits per heavy atom. The van der Waals surface area contributed by atoms with Crippen LogP contribution in [-0.4, -0.2) is 11.0 Å². The van der Waals surface area contributed by atoms with Crippen molar-refractivity contribution in [2.75, 3.05) is 0 Å². The Balaban J connectivity index is 0. The number of thiocarbonyl (C=S) groups is 1. The first kappa shape index (κ1) is 17.9. The summed E-state index contributed by atoms with van der Waals surface area (Å²) in [5, 5.41) is 2.52. The summed E-state index contributed by atoms with van der Waals surface area (Å²) < 4.78 is 0. The summed E-state index contributed by atoms with van der Waals surface area (Å²) in [6.45, 7) is 9.50. The van der Waals surface area contributed by atoms with Crippen molar-refractivity contribution in [1.29, 1.82) is 0 Å². The molecule has 0 fully saturated rings. The highest BCUT2D eigenvalue weighted by Gasteiger charge is 2.04. The smallest absolute Gasteiger partial charge is 0.230 e. The molecular formula is C12H21N3OS. The van der Waals surface area contributed by atoms with Crippen molar-refractivity contribution in [1.82, 2.24) is 10.7 Å². The lowest BCUT2D eigenvalue weighted by Gasteiger charge is -2.05. The Bertz CT molecular complexity index is 309. The van der Waals surface area contributed by atoms with E-state index in [0.717, 1.165) is 5.57 Å². The van der Waals surface area contributed by atoms with E-state index in [2.05, 4.69) is 29.5 Å². The summed E-state index contributed by atoms with van der Waals surface area (Å²) in [4.78, 5) is 11.3. The molecule has 0 saturated heterocycles. The lowest BCUT2D eigenvalue weighted by molar-refractivity contribution is -0.119. The molecule has 0 heterocycles. The minimum Gasteiger partial charge on any atom is -0.302 e. The second-order valence-electron chi connectivity index (χ2n) is 2.67. The largest absolute Gasteiger partial charge is 0.302 e. The fraction of sp³-hybridized carbons (Fsp3) is 0.333. The van der Waals surface area contributed by atoms with Gasteiger partial charge < -0.3 is 10.7 Å². The number of carbonyl (C=O) groups is 1. The van der Waals surface area contributed by atoms with Crippen LogP contribution >= 0.6 is 12.2 Å². The van der Waals surface area contributed by atoms with Gasteiger partial charge in [-0.3, -0.25) is 4.79 Å². The van der Waals surface area contributed by atoms with Crippen LogP contribution in [0.3, 0.4) is 0 Å². The van der Waals surface area contributed by atoms with Gasteiger partial charge in [-0.25, -0.2) is 5.84 Å². The number of nitrogens with one attached hydrogen (secondary N) is 2. The summed E-state index contributed by atoms with van der Waals surface area (Å²) >= 11 is 4.68. The third kappa shape index (κ3) is 10.8. The maximum absolute atomic E-state index is 11.3. The zero-order chi connectivity index (χ0) is 13.7. The minimum absolute atomic E-state index is 0.106. The average Bonchev–Trinajstić information content (AvgIpc) is 2.36. The highest BCUT2D eigenvalue weighted by molar-refractivity contribution is 7.80. The number of hydrogen-bond acceptors (Lipinski definition) is 3. The summed E-state index contributed by atoms with van der Waals surface area (Å²) in [6, 6.07) is 0. The van der Waals surface area contributed by atoms with Gasteiger partial charge in [-0.2, -0.15) is 0 Å². The molecule has 4 nitrogen and oxygen atoms in total. The van der Waals surface area contributed by atoms with Gasteiger partial charge in [0.1, 0.15) is 0 Å². The fourth-order valence-electron chi connectivity index (χ4n) is 0.811. The van der Waals surface area contributed by atoms with E-state index < -0.39 is 0 Å². The van der Waals surface area contributed by atoms with E-state index in [0.29, 0.717) is 0 Å². The van der Waals surface area contributed by atoms with E-state index in [1.165, 1.54) is 0 Å². The van der Waals surface area contributed by atoms with Crippen molar-refractivity contribution in [3.63, 3.8) is 0 Å². The van der Waals surface area contributed by atoms with Crippen LogP contribution < -0.4 is 16.6 Å². The molecule has 0 spiro atoms. The first-order valence-electron chi connectivity index (χ1n) is 5.38. The number of nitrogens with two attached hydrogens (primary N) is 1. The van der Waals surface area contributed by atoms with Gasteiger partial charge in [0.2, 0.25) is 5.91 Å². The van der Waals surface area contributed by atoms with E-state index >= 15 is 0 Å². The average molecular weight is 255 g/mol. The van der Waals surface area contributed by atoms with E-state index in [9.17, 15) is 4.79 Å². The molecule has 0 bridgehead atoms. The topological polar surface area (TPSA) is 67.2 Å². The number of hydrazine groups is 1. The quantitative estimate of drug-likeness (QED) is 0.311. The second-order valence-corrected chi connectivity index (χ2v) is 3.08. The number of rotatable bonds is 4. The Morgan fingerprint density at radius 3 is 2.47 bits per heavy atom. The maximum Gasteiger partial charge on any atom is 0.230 e. The summed E-state index contributed by atoms with van der Waals surface area (Å²) in [6.07, 6.45) is 7.36. The van der Waals surface area contributed by atoms with Gasteiger partial charge in [-0.1, -0.05) is 44.7 Å². The number of allylic oxidation sites excluding steroid dienone is 4. The van der Waals surface area contributed by atoms with E-state index in [4.69, 9.17) is 5.84 Å². The standard InChI is InChI=1S/C10H15N3OS.C2H6/c1-3-5-6-8(4-2)7-9(14)12-10(15)13-11;1-2/h3-6H,2,7,11H2,1H3,(H2,12,13,14,15);1-2H3/b5-3-,8-6+;. The molecular weight excluding hydrogens is 234 g/mol. The van der Waals surface area contributed by atoms with Crippen molar-refractivity contribution in [2.45, 2.75) is 27.2 Å². The molecule has 0 rings (SSSR count). The molecule has 0 saturated carbocycles. The van der Waals surface area contributed by atoms with Gasteiger partial charge >= 0.3 is 0 Å². The molecule has 0 aromatic rings. The third-order valence-electron chi connectivity index (χ3n) is 1.51. The molecule has 96 valence electrons. The highest BCUT2D eigenvalue weighted by Crippen LogP contribution is 2.02. The molecule has 1 amide bonds. The normalized spacial score (nSPS) is 10.2. The first-order valence-corrected chi connectivity index (χ1v) is 5.79. The van der Waals surface area contributed by atoms with Crippen molar-refractivity contribution in [3.05, 3.63) is 36.5 Å². The third-order valence-corrected chi connectivity index (χ3v) is 1.73. The molecule has 0 aliphatic carbocycles. The van der Waals surface area contributed by atoms with Crippen molar-refractivity contribution in [3.8, 4) is 0 Å². The van der Waals surface area contributed by atoms with Crippen LogP contribution in [0.2, 0.25) is 0 Å². The molecule has 17 heavy (non-hydrogen) atoms. The van der Waals surface area contributed by atoms with E-state index in [1.807, 2.05) is 39.0 Å². The second kappa shape index (κ2) is 12.6. The Kier molecular flexibility index (Phi) is 13.3. The van der Waals surface area contributed by atoms with Crippen LogP contribution in [0.5, 0.6) is 0 Å². The molecule has 0 aromatic carbocycles. The fourth-order valence-corrected chi connectivity index (χ4v) is 0.925. The molecule has 0 aliphatic rings. The summed E-state index contributed by atoms with van der Waals surface area (Å²) in [5.41, 5.74) is 2.98. The molecule has 4 N–H and O–H groups in total. The van der Waals surface area contributed by atoms with E-state index in [1.54, 1.807) is 6.08 Å². The van der Waals surface area contributed by atoms with Crippen LogP contribution in [-0.2, 0) is 4.79 Å². The highest BCUT2D eigenvalue weighted by atomic mass is 32.1. The Labute approximate surface area is 109 Å². The zero-order valence-corrected chi connectivity index (χ0v) is 11.4. The SMILES string of the molecule is C=C/C(=C\C=C/C)CC(=O)NC(=S)NN.CC. The monoisotopic (exact) mass is 255 g/mol. The predicted octanol–water partition coefficient (Wildman–Crippen LogP) is 1.96. The molecule has 0 aromatic heterocycles. The van der Waals surface area contributed by atoms with E-state index in [-0.39, 0.29) is 17.4 Å². The zero-order valence-electron chi connectivity index (χ0n) is 10.6. The van der Waals surface area contributed by atoms with Crippen molar-refractivity contribution < 1.29 is 4.79 Å². The predicted molar refractivity (Wildman–Crippen MR) is 77.1 cm³/mol. The number of amides is 1. The van der Waals surface area contributed by atoms with Crippen LogP contribution in [0.25, 0.3) is 0 Å². The lowest BCUT2D eigenvalue weighted by Crippen LogP contribution is -2.42. The van der Waals surface area contributed by atoms with Crippen LogP contribution in [0.15, 0.2) is 36.5 Å². The van der Waals surface area contributed by atoms with Crippen molar-refractivity contribution in [2.24, 2.45) is 5.84 Å². The van der Waals surface area contributed by atoms with Gasteiger partial charge in [0.05, 0.1) is 6.42 Å². The van der Waals surface area contributed by atoms with Gasteiger partial charge in [-0.05, 0) is 24.7 Å². The van der Waals surface area contributed by atoms with Gasteiger partial charge in [0.25, 0.3) is 0 Å². The number of carbonyl (C=O) groups excluding carboxylic acids is 1. The summed E-state index contributed by atoms with van der Waals surface area (Å²) in [5.74, 6) is 4.78. The molecule has 0 aliphatic heterocycles. The lowest BCUT2D eigenvalue weighted by atomic mass is 10.1. The van der Waals surface area contributed by atoms with Crippen LogP contribution in [0.1, 0.15) is 27.2 Å². The van der Waals surface area contributed by atoms with Crippen LogP contribution in [0.4, 0.5) is 0 Å².